The van der Waals surface area contributed by atoms with E-state index in [9.17, 15) is 9.59 Å². The van der Waals surface area contributed by atoms with Crippen LogP contribution in [0.4, 0.5) is 9.59 Å². The van der Waals surface area contributed by atoms with Crippen molar-refractivity contribution in [2.24, 2.45) is 5.73 Å². The van der Waals surface area contributed by atoms with Crippen molar-refractivity contribution < 1.29 is 19.2 Å². The summed E-state index contributed by atoms with van der Waals surface area (Å²) in [5, 5.41) is 0. The van der Waals surface area contributed by atoms with Gasteiger partial charge in [0.05, 0.1) is 6.10 Å². The number of hydrogen-bond acceptors (Lipinski definition) is 4. The monoisotopic (exact) mass is 162 g/mol. The third kappa shape index (κ3) is 6.42. The molecule has 0 saturated heterocycles. The van der Waals surface area contributed by atoms with Crippen molar-refractivity contribution in [1.29, 1.82) is 0 Å². The molecule has 0 aromatic rings. The first-order valence-corrected chi connectivity index (χ1v) is 2.95. The Labute approximate surface area is 63.6 Å². The molecule has 0 atom stereocenters. The maximum atomic E-state index is 10.5. The van der Waals surface area contributed by atoms with E-state index >= 15 is 0 Å². The number of ether oxygens (including phenoxy) is 1. The number of nitrogens with one attached hydrogen (secondary N) is 1. The third-order valence-electron chi connectivity index (χ3n) is 0.578. The van der Waals surface area contributed by atoms with E-state index in [2.05, 4.69) is 15.3 Å². The topological polar surface area (TPSA) is 90.7 Å². The predicted molar refractivity (Wildman–Crippen MR) is 35.4 cm³/mol. The molecule has 0 aromatic heterocycles. The Kier molecular flexibility index (Phi) is 3.79. The fourth-order valence-corrected chi connectivity index (χ4v) is 0.330. The van der Waals surface area contributed by atoms with Crippen molar-refractivity contribution in [3.8, 4) is 0 Å². The number of carbonyl (C=O) groups excluding carboxylic acids is 2. The first kappa shape index (κ1) is 9.54. The number of carbonyl (C=O) groups is 2. The molecule has 64 valence electrons. The fraction of sp³-hybridized carbons (Fsp3) is 0.600. The Balaban J connectivity index is 3.45. The lowest BCUT2D eigenvalue weighted by molar-refractivity contribution is 0.0535. The average molecular weight is 162 g/mol. The van der Waals surface area contributed by atoms with E-state index in [1.54, 1.807) is 19.3 Å². The molecule has 0 saturated carbocycles. The highest BCUT2D eigenvalue weighted by atomic mass is 16.7. The molecule has 0 aliphatic heterocycles. The van der Waals surface area contributed by atoms with Crippen LogP contribution in [0.1, 0.15) is 13.8 Å². The Bertz CT molecular complexity index is 157. The largest absolute Gasteiger partial charge is 0.445 e. The zero-order valence-electron chi connectivity index (χ0n) is 6.29. The molecule has 0 unspecified atom stereocenters. The number of primary amides is 1. The first-order valence-electron chi connectivity index (χ1n) is 2.95. The second kappa shape index (κ2) is 4.37. The summed E-state index contributed by atoms with van der Waals surface area (Å²) in [6.45, 7) is 3.31. The van der Waals surface area contributed by atoms with Gasteiger partial charge in [0.25, 0.3) is 0 Å². The van der Waals surface area contributed by atoms with Crippen LogP contribution in [0, 0.1) is 0 Å². The molecule has 2 amide bonds. The van der Waals surface area contributed by atoms with Gasteiger partial charge in [-0.1, -0.05) is 0 Å². The lowest BCUT2D eigenvalue weighted by atomic mass is 10.5. The minimum Gasteiger partial charge on any atom is -0.445 e. The molecule has 0 aliphatic carbocycles. The molecule has 11 heavy (non-hydrogen) atoms. The van der Waals surface area contributed by atoms with E-state index in [0.717, 1.165) is 0 Å². The van der Waals surface area contributed by atoms with Gasteiger partial charge >= 0.3 is 12.2 Å². The van der Waals surface area contributed by atoms with E-state index < -0.39 is 12.2 Å². The highest BCUT2D eigenvalue weighted by molar-refractivity contribution is 5.70. The summed E-state index contributed by atoms with van der Waals surface area (Å²) in [6.07, 6.45) is -2.21. The van der Waals surface area contributed by atoms with E-state index in [0.29, 0.717) is 0 Å². The SMILES string of the molecule is CC(C)OC(=O)NOC(N)=O. The van der Waals surface area contributed by atoms with Crippen LogP contribution in [-0.4, -0.2) is 18.3 Å². The van der Waals surface area contributed by atoms with Gasteiger partial charge in [-0.3, -0.25) is 0 Å². The van der Waals surface area contributed by atoms with Gasteiger partial charge in [0, 0.05) is 0 Å². The summed E-state index contributed by atoms with van der Waals surface area (Å²) in [4.78, 5) is 24.3. The Morgan fingerprint density at radius 3 is 2.36 bits per heavy atom. The molecular weight excluding hydrogens is 152 g/mol. The van der Waals surface area contributed by atoms with Crippen molar-refractivity contribution in [3.05, 3.63) is 0 Å². The molecule has 0 rings (SSSR count). The zero-order chi connectivity index (χ0) is 8.85. The lowest BCUT2D eigenvalue weighted by Crippen LogP contribution is -2.31. The molecule has 3 N–H and O–H groups in total. The summed E-state index contributed by atoms with van der Waals surface area (Å²) in [7, 11) is 0. The summed E-state index contributed by atoms with van der Waals surface area (Å²) in [6, 6.07) is 0. The predicted octanol–water partition coefficient (Wildman–Crippen LogP) is 0.131. The molecule has 0 heterocycles. The second-order valence-corrected chi connectivity index (χ2v) is 1.98. The molecule has 0 aromatic carbocycles. The van der Waals surface area contributed by atoms with Gasteiger partial charge in [0.1, 0.15) is 0 Å². The van der Waals surface area contributed by atoms with Crippen LogP contribution < -0.4 is 11.2 Å². The standard InChI is InChI=1S/C5H10N2O4/c1-3(2)10-5(9)7-11-4(6)8/h3H,1-2H3,(H2,6,8)(H,7,9). The maximum Gasteiger partial charge on any atom is 0.441 e. The van der Waals surface area contributed by atoms with Gasteiger partial charge in [-0.25, -0.2) is 9.59 Å². The van der Waals surface area contributed by atoms with Crippen LogP contribution in [0.25, 0.3) is 0 Å². The number of amides is 2. The van der Waals surface area contributed by atoms with Crippen LogP contribution in [0.2, 0.25) is 0 Å². The number of hydroxylamine groups is 1. The van der Waals surface area contributed by atoms with Crippen LogP contribution in [0.3, 0.4) is 0 Å². The molecule has 6 nitrogen and oxygen atoms in total. The Morgan fingerprint density at radius 2 is 2.00 bits per heavy atom. The highest BCUT2D eigenvalue weighted by Gasteiger charge is 2.05. The maximum absolute atomic E-state index is 10.5. The smallest absolute Gasteiger partial charge is 0.441 e. The molecule has 0 aliphatic rings. The molecule has 0 fully saturated rings. The second-order valence-electron chi connectivity index (χ2n) is 1.98. The van der Waals surface area contributed by atoms with Crippen molar-refractivity contribution >= 4 is 12.2 Å². The van der Waals surface area contributed by atoms with E-state index in [4.69, 9.17) is 0 Å². The van der Waals surface area contributed by atoms with Crippen LogP contribution >= 0.6 is 0 Å². The molecule has 6 heteroatoms. The van der Waals surface area contributed by atoms with E-state index in [1.807, 2.05) is 0 Å². The Hall–Kier alpha value is -1.46. The van der Waals surface area contributed by atoms with Crippen LogP contribution in [0.5, 0.6) is 0 Å². The fourth-order valence-electron chi connectivity index (χ4n) is 0.330. The van der Waals surface area contributed by atoms with Gasteiger partial charge in [0.15, 0.2) is 0 Å². The number of nitrogens with two attached hydrogens (primary N) is 1. The van der Waals surface area contributed by atoms with Crippen molar-refractivity contribution in [3.63, 3.8) is 0 Å². The normalized spacial score (nSPS) is 9.00. The van der Waals surface area contributed by atoms with Gasteiger partial charge in [0.2, 0.25) is 0 Å². The van der Waals surface area contributed by atoms with Crippen molar-refractivity contribution in [2.75, 3.05) is 0 Å². The van der Waals surface area contributed by atoms with Gasteiger partial charge in [-0.05, 0) is 13.8 Å². The third-order valence-corrected chi connectivity index (χ3v) is 0.578. The van der Waals surface area contributed by atoms with Crippen molar-refractivity contribution in [1.82, 2.24) is 5.48 Å². The first-order chi connectivity index (χ1) is 5.02. The zero-order valence-corrected chi connectivity index (χ0v) is 6.29. The lowest BCUT2D eigenvalue weighted by Gasteiger charge is -2.07. The minimum atomic E-state index is -1.09. The average Bonchev–Trinajstić information content (AvgIpc) is 1.82. The van der Waals surface area contributed by atoms with Gasteiger partial charge < -0.3 is 15.3 Å². The molecular formula is C5H10N2O4. The summed E-state index contributed by atoms with van der Waals surface area (Å²) >= 11 is 0. The summed E-state index contributed by atoms with van der Waals surface area (Å²) in [5.74, 6) is 0. The van der Waals surface area contributed by atoms with E-state index in [-0.39, 0.29) is 6.10 Å². The Morgan fingerprint density at radius 1 is 1.45 bits per heavy atom. The number of rotatable bonds is 1. The van der Waals surface area contributed by atoms with Crippen LogP contribution in [-0.2, 0) is 9.57 Å². The van der Waals surface area contributed by atoms with Crippen molar-refractivity contribution in [2.45, 2.75) is 20.0 Å². The molecule has 0 bridgehead atoms. The highest BCUT2D eigenvalue weighted by Crippen LogP contribution is 1.87. The summed E-state index contributed by atoms with van der Waals surface area (Å²) < 4.78 is 4.52. The van der Waals surface area contributed by atoms with Gasteiger partial charge in [-0.15, -0.1) is 5.48 Å². The minimum absolute atomic E-state index is 0.272. The van der Waals surface area contributed by atoms with Crippen LogP contribution in [0.15, 0.2) is 0 Å². The quantitative estimate of drug-likeness (QED) is 0.536. The summed E-state index contributed by atoms with van der Waals surface area (Å²) in [5.41, 5.74) is 6.22. The molecule has 0 radical (unpaired) electrons. The molecule has 0 spiro atoms. The number of hydrogen-bond donors (Lipinski definition) is 2. The van der Waals surface area contributed by atoms with E-state index in [1.165, 1.54) is 0 Å². The van der Waals surface area contributed by atoms with Gasteiger partial charge in [-0.2, -0.15) is 0 Å².